The van der Waals surface area contributed by atoms with Gasteiger partial charge in [0.05, 0.1) is 22.4 Å². The van der Waals surface area contributed by atoms with Crippen LogP contribution in [0.5, 0.6) is 0 Å². The molecule has 0 amide bonds. The molecule has 2 nitrogen and oxygen atoms in total. The Kier molecular flexibility index (Phi) is 6.22. The number of rotatable bonds is 4. The first-order valence-corrected chi connectivity index (χ1v) is 19.9. The second-order valence-corrected chi connectivity index (χ2v) is 17.0. The van der Waals surface area contributed by atoms with Crippen LogP contribution in [-0.4, -0.2) is 4.57 Å². The summed E-state index contributed by atoms with van der Waals surface area (Å²) in [6, 6.07) is 63.6. The Morgan fingerprint density at radius 3 is 1.61 bits per heavy atom. The molecule has 3 heterocycles. The topological polar surface area (TPSA) is 8.17 Å². The van der Waals surface area contributed by atoms with E-state index in [2.05, 4.69) is 207 Å². The lowest BCUT2D eigenvalue weighted by Crippen LogP contribution is -2.33. The molecule has 266 valence electrons. The van der Waals surface area contributed by atoms with Gasteiger partial charge in [0.15, 0.2) is 0 Å². The van der Waals surface area contributed by atoms with E-state index < -0.39 is 0 Å². The molecule has 1 aromatic heterocycles. The van der Waals surface area contributed by atoms with E-state index in [1.54, 1.807) is 0 Å². The Bertz CT molecular complexity index is 3240. The minimum atomic E-state index is -0.184. The predicted octanol–water partition coefficient (Wildman–Crippen LogP) is 14.7. The maximum absolute atomic E-state index is 2.62. The van der Waals surface area contributed by atoms with Crippen molar-refractivity contribution in [1.29, 1.82) is 0 Å². The third kappa shape index (κ3) is 4.11. The number of fused-ring (bicyclic) bond motifs is 4. The number of hydrogen-bond donors (Lipinski definition) is 0. The number of hydrogen-bond acceptors (Lipinski definition) is 1. The Morgan fingerprint density at radius 1 is 0.393 bits per heavy atom. The lowest BCUT2D eigenvalue weighted by molar-refractivity contribution is 0.594. The molecular weight excluding hydrogens is 677 g/mol. The smallest absolute Gasteiger partial charge is 0.0582 e. The van der Waals surface area contributed by atoms with Crippen LogP contribution in [0.25, 0.3) is 70.9 Å². The zero-order valence-corrected chi connectivity index (χ0v) is 32.1. The normalized spacial score (nSPS) is 14.7. The van der Waals surface area contributed by atoms with Crippen molar-refractivity contribution >= 4 is 71.2 Å². The van der Waals surface area contributed by atoms with E-state index in [0.717, 1.165) is 17.1 Å². The summed E-state index contributed by atoms with van der Waals surface area (Å²) in [5, 5.41) is 10.1. The van der Waals surface area contributed by atoms with Gasteiger partial charge in [-0.15, -0.1) is 0 Å². The van der Waals surface area contributed by atoms with Crippen LogP contribution in [0.15, 0.2) is 170 Å². The van der Waals surface area contributed by atoms with Gasteiger partial charge in [-0.05, 0) is 103 Å². The molecule has 0 N–H and O–H groups in total. The summed E-state index contributed by atoms with van der Waals surface area (Å²) in [6.45, 7) is 9.66. The Labute approximate surface area is 326 Å². The zero-order chi connectivity index (χ0) is 37.5. The van der Waals surface area contributed by atoms with E-state index in [-0.39, 0.29) is 10.8 Å². The fraction of sp³-hybridized carbons (Fsp3) is 0.111. The molecule has 0 saturated carbocycles. The third-order valence-corrected chi connectivity index (χ3v) is 13.3. The molecule has 0 fully saturated rings. The second-order valence-electron chi connectivity index (χ2n) is 17.0. The van der Waals surface area contributed by atoms with E-state index in [4.69, 9.17) is 0 Å². The lowest BCUT2D eigenvalue weighted by Gasteiger charge is -2.42. The van der Waals surface area contributed by atoms with Gasteiger partial charge in [0.2, 0.25) is 0 Å². The molecule has 0 aliphatic carbocycles. The van der Waals surface area contributed by atoms with E-state index in [9.17, 15) is 0 Å². The molecule has 0 radical (unpaired) electrons. The van der Waals surface area contributed by atoms with Crippen LogP contribution in [0.1, 0.15) is 49.9 Å². The SMILES string of the molecule is CC1(C)c2cccc3c2-n2c4c1cccc4c1cc(-c4ccc(N(c5ccc6ccccc6c5)c5ccc6ccccc6c5)c5ccccc45)cc(c12)C3(C)C. The van der Waals surface area contributed by atoms with Gasteiger partial charge in [0.25, 0.3) is 0 Å². The summed E-state index contributed by atoms with van der Waals surface area (Å²) in [7, 11) is 0. The van der Waals surface area contributed by atoms with Crippen LogP contribution in [0.3, 0.4) is 0 Å². The van der Waals surface area contributed by atoms with Gasteiger partial charge in [0.1, 0.15) is 0 Å². The van der Waals surface area contributed by atoms with E-state index in [1.807, 2.05) is 0 Å². The Morgan fingerprint density at radius 2 is 0.929 bits per heavy atom. The molecule has 0 unspecified atom stereocenters. The van der Waals surface area contributed by atoms with Crippen molar-refractivity contribution in [2.45, 2.75) is 38.5 Å². The summed E-state index contributed by atoms with van der Waals surface area (Å²) in [5.41, 5.74) is 15.4. The first-order valence-electron chi connectivity index (χ1n) is 19.9. The van der Waals surface area contributed by atoms with Crippen molar-refractivity contribution in [2.75, 3.05) is 4.90 Å². The van der Waals surface area contributed by atoms with Gasteiger partial charge in [-0.1, -0.05) is 155 Å². The monoisotopic (exact) mass is 716 g/mol. The largest absolute Gasteiger partial charge is 0.310 e. The molecule has 0 atom stereocenters. The van der Waals surface area contributed by atoms with Crippen LogP contribution < -0.4 is 4.90 Å². The van der Waals surface area contributed by atoms with Crippen molar-refractivity contribution in [3.8, 4) is 16.8 Å². The van der Waals surface area contributed by atoms with E-state index in [0.29, 0.717) is 0 Å². The molecule has 0 bridgehead atoms. The molecule has 56 heavy (non-hydrogen) atoms. The standard InChI is InChI=1S/C54H40N2/c1-53(2)45-20-11-19-43-44-31-37(32-48-51(44)56(50(43)45)52-46(53)21-12-22-47(52)54(48,3)4)40-27-28-49(42-18-10-9-17-41(40)42)55(38-25-23-33-13-5-7-15-35(33)29-38)39-26-24-34-14-6-8-16-36(34)30-39/h5-32H,1-4H3. The van der Waals surface area contributed by atoms with Gasteiger partial charge in [-0.2, -0.15) is 0 Å². The van der Waals surface area contributed by atoms with Crippen molar-refractivity contribution in [3.05, 3.63) is 192 Å². The van der Waals surface area contributed by atoms with Crippen LogP contribution in [-0.2, 0) is 10.8 Å². The molecule has 10 aromatic rings. The summed E-state index contributed by atoms with van der Waals surface area (Å²) in [4.78, 5) is 2.45. The fourth-order valence-corrected chi connectivity index (χ4v) is 10.4. The van der Waals surface area contributed by atoms with Gasteiger partial charge < -0.3 is 9.47 Å². The van der Waals surface area contributed by atoms with Crippen molar-refractivity contribution < 1.29 is 0 Å². The van der Waals surface area contributed by atoms with Gasteiger partial charge >= 0.3 is 0 Å². The highest BCUT2D eigenvalue weighted by molar-refractivity contribution is 6.16. The quantitative estimate of drug-likeness (QED) is 0.176. The van der Waals surface area contributed by atoms with Gasteiger partial charge in [0, 0.05) is 38.4 Å². The van der Waals surface area contributed by atoms with Crippen molar-refractivity contribution in [2.24, 2.45) is 0 Å². The number of para-hydroxylation sites is 2. The minimum Gasteiger partial charge on any atom is -0.310 e. The number of nitrogens with zero attached hydrogens (tertiary/aromatic N) is 2. The fourth-order valence-electron chi connectivity index (χ4n) is 10.4. The summed E-state index contributed by atoms with van der Waals surface area (Å²) in [5.74, 6) is 0. The molecular formula is C54H40N2. The first kappa shape index (κ1) is 31.7. The highest BCUT2D eigenvalue weighted by atomic mass is 15.1. The second kappa shape index (κ2) is 11.0. The molecule has 0 saturated heterocycles. The Balaban J connectivity index is 1.13. The number of anilines is 3. The summed E-state index contributed by atoms with van der Waals surface area (Å²) >= 11 is 0. The molecule has 9 aromatic carbocycles. The molecule has 2 aliphatic heterocycles. The van der Waals surface area contributed by atoms with E-state index in [1.165, 1.54) is 93.2 Å². The van der Waals surface area contributed by atoms with Gasteiger partial charge in [-0.3, -0.25) is 0 Å². The predicted molar refractivity (Wildman–Crippen MR) is 238 cm³/mol. The highest BCUT2D eigenvalue weighted by Crippen LogP contribution is 2.56. The summed E-state index contributed by atoms with van der Waals surface area (Å²) < 4.78 is 2.62. The zero-order valence-electron chi connectivity index (χ0n) is 32.1. The van der Waals surface area contributed by atoms with Crippen molar-refractivity contribution in [1.82, 2.24) is 4.57 Å². The number of aromatic nitrogens is 1. The lowest BCUT2D eigenvalue weighted by atomic mass is 9.68. The number of benzene rings is 9. The van der Waals surface area contributed by atoms with Gasteiger partial charge in [-0.25, -0.2) is 0 Å². The average Bonchev–Trinajstić information content (AvgIpc) is 3.56. The van der Waals surface area contributed by atoms with Crippen molar-refractivity contribution in [3.63, 3.8) is 0 Å². The van der Waals surface area contributed by atoms with Crippen LogP contribution >= 0.6 is 0 Å². The Hall–Kier alpha value is -6.64. The highest BCUT2D eigenvalue weighted by Gasteiger charge is 2.43. The molecule has 0 spiro atoms. The van der Waals surface area contributed by atoms with Crippen LogP contribution in [0.2, 0.25) is 0 Å². The van der Waals surface area contributed by atoms with Crippen LogP contribution in [0, 0.1) is 0 Å². The maximum atomic E-state index is 2.62. The third-order valence-electron chi connectivity index (χ3n) is 13.3. The molecule has 2 aliphatic rings. The summed E-state index contributed by atoms with van der Waals surface area (Å²) in [6.07, 6.45) is 0. The van der Waals surface area contributed by atoms with Crippen LogP contribution in [0.4, 0.5) is 17.1 Å². The maximum Gasteiger partial charge on any atom is 0.0582 e. The average molecular weight is 717 g/mol. The van der Waals surface area contributed by atoms with E-state index >= 15 is 0 Å². The first-order chi connectivity index (χ1) is 27.3. The molecule has 12 rings (SSSR count). The molecule has 2 heteroatoms. The minimum absolute atomic E-state index is 0.0976.